The number of hydrogen-bond donors (Lipinski definition) is 1. The number of ether oxygens (including phenoxy) is 1. The highest BCUT2D eigenvalue weighted by atomic mass is 79.9. The van der Waals surface area contributed by atoms with Gasteiger partial charge in [-0.2, -0.15) is 0 Å². The SMILES string of the molecule is O=C(O)CCN1C2=C(C(=O)CCC2)C(c2cc(Br)ccc2OCc2cccc(Cl)c2)C2=C1CCCC2=O. The van der Waals surface area contributed by atoms with Crippen LogP contribution in [0.5, 0.6) is 5.75 Å². The Balaban J connectivity index is 1.63. The number of aliphatic carboxylic acids is 1. The Kier molecular flexibility index (Phi) is 7.54. The number of carbonyl (C=O) groups is 3. The van der Waals surface area contributed by atoms with Crippen molar-refractivity contribution in [2.75, 3.05) is 6.54 Å². The summed E-state index contributed by atoms with van der Waals surface area (Å²) in [6, 6.07) is 13.1. The fourth-order valence-corrected chi connectivity index (χ4v) is 6.26. The van der Waals surface area contributed by atoms with Crippen LogP contribution in [0.15, 0.2) is 69.5 Å². The number of nitrogens with zero attached hydrogens (tertiary/aromatic N) is 1. The van der Waals surface area contributed by atoms with E-state index in [1.165, 1.54) is 0 Å². The van der Waals surface area contributed by atoms with E-state index in [0.29, 0.717) is 60.4 Å². The van der Waals surface area contributed by atoms with Crippen LogP contribution in [0.4, 0.5) is 0 Å². The number of benzene rings is 2. The van der Waals surface area contributed by atoms with Crippen LogP contribution in [0, 0.1) is 0 Å². The minimum Gasteiger partial charge on any atom is -0.489 e. The summed E-state index contributed by atoms with van der Waals surface area (Å²) >= 11 is 9.73. The van der Waals surface area contributed by atoms with Gasteiger partial charge >= 0.3 is 5.97 Å². The molecule has 8 heteroatoms. The molecule has 0 amide bonds. The third kappa shape index (κ3) is 5.25. The topological polar surface area (TPSA) is 83.9 Å². The number of rotatable bonds is 7. The summed E-state index contributed by atoms with van der Waals surface area (Å²) in [5.74, 6) is -0.824. The summed E-state index contributed by atoms with van der Waals surface area (Å²) in [4.78, 5) is 40.4. The fourth-order valence-electron chi connectivity index (χ4n) is 5.67. The van der Waals surface area contributed by atoms with Gasteiger partial charge in [0.2, 0.25) is 0 Å². The highest BCUT2D eigenvalue weighted by molar-refractivity contribution is 9.10. The first-order valence-electron chi connectivity index (χ1n) is 12.5. The largest absolute Gasteiger partial charge is 0.489 e. The second kappa shape index (κ2) is 10.8. The second-order valence-electron chi connectivity index (χ2n) is 9.60. The molecule has 1 heterocycles. The van der Waals surface area contributed by atoms with Gasteiger partial charge in [0.1, 0.15) is 12.4 Å². The van der Waals surface area contributed by atoms with Crippen molar-refractivity contribution in [2.45, 2.75) is 57.5 Å². The average molecular weight is 585 g/mol. The van der Waals surface area contributed by atoms with Crippen LogP contribution in [0.2, 0.25) is 5.02 Å². The van der Waals surface area contributed by atoms with E-state index < -0.39 is 11.9 Å². The highest BCUT2D eigenvalue weighted by Crippen LogP contribution is 2.51. The van der Waals surface area contributed by atoms with E-state index in [4.69, 9.17) is 16.3 Å². The number of hydrogen-bond acceptors (Lipinski definition) is 5. The normalized spacial score (nSPS) is 18.2. The Labute approximate surface area is 229 Å². The van der Waals surface area contributed by atoms with Crippen molar-refractivity contribution in [1.29, 1.82) is 0 Å². The molecule has 0 saturated heterocycles. The minimum absolute atomic E-state index is 0.0114. The number of halogens is 2. The van der Waals surface area contributed by atoms with Crippen molar-refractivity contribution >= 4 is 45.1 Å². The lowest BCUT2D eigenvalue weighted by Gasteiger charge is -2.44. The van der Waals surface area contributed by atoms with E-state index in [1.807, 2.05) is 41.3 Å². The molecule has 0 aromatic heterocycles. The molecular weight excluding hydrogens is 558 g/mol. The molecule has 1 N–H and O–H groups in total. The van der Waals surface area contributed by atoms with Gasteiger partial charge in [-0.25, -0.2) is 0 Å². The summed E-state index contributed by atoms with van der Waals surface area (Å²) in [6.07, 6.45) is 3.52. The third-order valence-electron chi connectivity index (χ3n) is 7.20. The van der Waals surface area contributed by atoms with Gasteiger partial charge in [-0.15, -0.1) is 0 Å². The van der Waals surface area contributed by atoms with Crippen molar-refractivity contribution in [3.8, 4) is 5.75 Å². The van der Waals surface area contributed by atoms with Crippen LogP contribution in [0.3, 0.4) is 0 Å². The number of allylic oxidation sites excluding steroid dienone is 4. The Hall–Kier alpha value is -2.90. The lowest BCUT2D eigenvalue weighted by molar-refractivity contribution is -0.137. The molecule has 37 heavy (non-hydrogen) atoms. The van der Waals surface area contributed by atoms with Crippen molar-refractivity contribution in [3.63, 3.8) is 0 Å². The zero-order chi connectivity index (χ0) is 26.1. The van der Waals surface area contributed by atoms with Crippen molar-refractivity contribution in [3.05, 3.63) is 85.6 Å². The summed E-state index contributed by atoms with van der Waals surface area (Å²) in [7, 11) is 0. The molecule has 6 nitrogen and oxygen atoms in total. The quantitative estimate of drug-likeness (QED) is 0.396. The van der Waals surface area contributed by atoms with E-state index in [9.17, 15) is 19.5 Å². The molecule has 0 saturated carbocycles. The lowest BCUT2D eigenvalue weighted by Crippen LogP contribution is -2.40. The molecule has 0 fully saturated rings. The first-order chi connectivity index (χ1) is 17.8. The van der Waals surface area contributed by atoms with E-state index >= 15 is 0 Å². The molecule has 0 bridgehead atoms. The third-order valence-corrected chi connectivity index (χ3v) is 7.93. The minimum atomic E-state index is -0.903. The van der Waals surface area contributed by atoms with E-state index in [2.05, 4.69) is 15.9 Å². The molecule has 3 aliphatic rings. The zero-order valence-electron chi connectivity index (χ0n) is 20.3. The van der Waals surface area contributed by atoms with Gasteiger partial charge < -0.3 is 14.7 Å². The van der Waals surface area contributed by atoms with E-state index in [-0.39, 0.29) is 31.1 Å². The Bertz CT molecular complexity index is 1300. The van der Waals surface area contributed by atoms with Crippen molar-refractivity contribution in [2.24, 2.45) is 0 Å². The van der Waals surface area contributed by atoms with Crippen molar-refractivity contribution in [1.82, 2.24) is 4.90 Å². The van der Waals surface area contributed by atoms with Gasteiger partial charge in [-0.05, 0) is 61.6 Å². The number of ketones is 2. The van der Waals surface area contributed by atoms with Crippen LogP contribution >= 0.6 is 27.5 Å². The molecular formula is C29H27BrClNO5. The van der Waals surface area contributed by atoms with Crippen LogP contribution in [-0.2, 0) is 21.0 Å². The first kappa shape index (κ1) is 25.7. The van der Waals surface area contributed by atoms with Gasteiger partial charge in [0.05, 0.1) is 6.42 Å². The van der Waals surface area contributed by atoms with Gasteiger partial charge in [0, 0.05) is 62.9 Å². The van der Waals surface area contributed by atoms with E-state index in [0.717, 1.165) is 27.0 Å². The maximum absolute atomic E-state index is 13.5. The Morgan fingerprint density at radius 1 is 1.00 bits per heavy atom. The number of Topliss-reactive ketones (excluding diaryl/α,β-unsaturated/α-hetero) is 2. The maximum Gasteiger partial charge on any atom is 0.305 e. The molecule has 0 atom stereocenters. The predicted octanol–water partition coefficient (Wildman–Crippen LogP) is 6.57. The highest BCUT2D eigenvalue weighted by Gasteiger charge is 2.44. The average Bonchev–Trinajstić information content (AvgIpc) is 2.86. The molecule has 5 rings (SSSR count). The second-order valence-corrected chi connectivity index (χ2v) is 11.0. The molecule has 0 radical (unpaired) electrons. The molecule has 2 aromatic carbocycles. The van der Waals surface area contributed by atoms with Crippen LogP contribution in [0.25, 0.3) is 0 Å². The Morgan fingerprint density at radius 2 is 1.68 bits per heavy atom. The summed E-state index contributed by atoms with van der Waals surface area (Å²) in [5.41, 5.74) is 4.60. The predicted molar refractivity (Wildman–Crippen MR) is 143 cm³/mol. The van der Waals surface area contributed by atoms with Crippen LogP contribution in [-0.4, -0.2) is 34.1 Å². The fraction of sp³-hybridized carbons (Fsp3) is 0.345. The molecule has 192 valence electrons. The standard InChI is InChI=1S/C29H27BrClNO5/c30-18-10-11-25(37-16-17-4-1-5-19(31)14-17)20(15-18)27-28-21(6-2-8-23(28)33)32(13-12-26(35)36)22-7-3-9-24(34)29(22)27/h1,4-5,10-11,14-15,27H,2-3,6-9,12-13,16H2,(H,35,36). The zero-order valence-corrected chi connectivity index (χ0v) is 22.6. The smallest absolute Gasteiger partial charge is 0.305 e. The first-order valence-corrected chi connectivity index (χ1v) is 13.7. The molecule has 0 spiro atoms. The summed E-state index contributed by atoms with van der Waals surface area (Å²) in [5, 5.41) is 10.0. The maximum atomic E-state index is 13.5. The van der Waals surface area contributed by atoms with Gasteiger partial charge in [-0.3, -0.25) is 14.4 Å². The van der Waals surface area contributed by atoms with Gasteiger partial charge in [0.15, 0.2) is 11.6 Å². The molecule has 2 aliphatic carbocycles. The van der Waals surface area contributed by atoms with E-state index in [1.54, 1.807) is 6.07 Å². The summed E-state index contributed by atoms with van der Waals surface area (Å²) < 4.78 is 7.10. The number of carbonyl (C=O) groups excluding carboxylic acids is 2. The van der Waals surface area contributed by atoms with Crippen molar-refractivity contribution < 1.29 is 24.2 Å². The lowest BCUT2D eigenvalue weighted by atomic mass is 9.70. The van der Waals surface area contributed by atoms with Crippen LogP contribution in [0.1, 0.15) is 62.0 Å². The monoisotopic (exact) mass is 583 g/mol. The number of carboxylic acid groups (broad SMARTS) is 1. The van der Waals surface area contributed by atoms with Crippen LogP contribution < -0.4 is 4.74 Å². The Morgan fingerprint density at radius 3 is 2.30 bits per heavy atom. The molecule has 2 aromatic rings. The molecule has 1 aliphatic heterocycles. The van der Waals surface area contributed by atoms with Gasteiger partial charge in [-0.1, -0.05) is 39.7 Å². The van der Waals surface area contributed by atoms with Gasteiger partial charge in [0.25, 0.3) is 0 Å². The summed E-state index contributed by atoms with van der Waals surface area (Å²) in [6.45, 7) is 0.531. The number of carboxylic acids is 1. The molecule has 0 unspecified atom stereocenters.